The first-order valence-electron chi connectivity index (χ1n) is 29.1. The largest absolute Gasteiger partial charge is 0.455 e. The van der Waals surface area contributed by atoms with E-state index in [1.54, 1.807) is 0 Å². The summed E-state index contributed by atoms with van der Waals surface area (Å²) in [6.45, 7) is 13.6. The van der Waals surface area contributed by atoms with Gasteiger partial charge in [0.25, 0.3) is 0 Å². The van der Waals surface area contributed by atoms with Crippen molar-refractivity contribution in [1.82, 2.24) is 9.13 Å². The first-order valence-corrected chi connectivity index (χ1v) is 29.1. The number of aromatic nitrogens is 2. The van der Waals surface area contributed by atoms with Crippen molar-refractivity contribution in [1.29, 1.82) is 0 Å². The molecule has 84 heavy (non-hydrogen) atoms. The lowest BCUT2D eigenvalue weighted by atomic mass is 9.87. The highest BCUT2D eigenvalue weighted by molar-refractivity contribution is 6.23. The molecule has 0 amide bonds. The standard InChI is InChI=1S/C78H60N4O2/c1-77(2,3)49-25-29-53(30-26-49)81-69-23-15-13-21-59(69)61-37-33-55(45-71(61)81)79(51-17-9-7-10-18-51)57-35-39-63-65-41-43-68-67(75(65)83-73(63)47-57)44-42-66-64-40-36-58(48-74(64)84-76(66)68)80(52-19-11-8-12-20-52)56-34-38-62-60-22-14-16-24-70(60)82(72(62)46-56)54-31-27-50(28-32-54)78(4,5)6/h7-48H,1-6H3. The van der Waals surface area contributed by atoms with Crippen LogP contribution in [0.15, 0.2) is 264 Å². The second-order valence-corrected chi connectivity index (χ2v) is 24.6. The van der Waals surface area contributed by atoms with Crippen molar-refractivity contribution in [2.24, 2.45) is 0 Å². The Morgan fingerprint density at radius 1 is 0.262 bits per heavy atom. The van der Waals surface area contributed by atoms with Crippen molar-refractivity contribution in [2.45, 2.75) is 52.4 Å². The van der Waals surface area contributed by atoms with E-state index >= 15 is 0 Å². The van der Waals surface area contributed by atoms with Gasteiger partial charge in [-0.2, -0.15) is 0 Å². The third-order valence-corrected chi connectivity index (χ3v) is 17.4. The smallest absolute Gasteiger partial charge is 0.143 e. The minimum atomic E-state index is 0.0566. The van der Waals surface area contributed by atoms with Gasteiger partial charge in [0, 0.05) is 111 Å². The molecule has 0 spiro atoms. The second-order valence-electron chi connectivity index (χ2n) is 24.6. The van der Waals surface area contributed by atoms with Crippen molar-refractivity contribution < 1.29 is 8.83 Å². The lowest BCUT2D eigenvalue weighted by Gasteiger charge is -2.25. The Morgan fingerprint density at radius 3 is 0.952 bits per heavy atom. The topological polar surface area (TPSA) is 42.6 Å². The number of fused-ring (bicyclic) bond motifs is 15. The van der Waals surface area contributed by atoms with E-state index in [9.17, 15) is 0 Å². The van der Waals surface area contributed by atoms with E-state index in [0.29, 0.717) is 0 Å². The Kier molecular flexibility index (Phi) is 11.0. The van der Waals surface area contributed by atoms with Crippen LogP contribution >= 0.6 is 0 Å². The minimum Gasteiger partial charge on any atom is -0.455 e. The molecule has 4 heterocycles. The Hall–Kier alpha value is -10.3. The Morgan fingerprint density at radius 2 is 0.571 bits per heavy atom. The fraction of sp³-hybridized carbons (Fsp3) is 0.103. The van der Waals surface area contributed by atoms with Crippen LogP contribution in [-0.4, -0.2) is 9.13 Å². The molecule has 0 unspecified atom stereocenters. The van der Waals surface area contributed by atoms with Crippen LogP contribution in [0.2, 0.25) is 0 Å². The molecule has 0 atom stereocenters. The van der Waals surface area contributed by atoms with Crippen LogP contribution in [0.3, 0.4) is 0 Å². The SMILES string of the molecule is CC(C)(C)c1ccc(-n2c3ccccc3c3ccc(N(c4ccccc4)c4ccc5c(c4)oc4c5ccc5c4ccc4c6ccc(N(c7ccccc7)c7ccc8c9ccccc9n(-c9ccc(C(C)(C)C)cc9)c8c7)cc6oc45)cc32)cc1. The third-order valence-electron chi connectivity index (χ3n) is 17.4. The summed E-state index contributed by atoms with van der Waals surface area (Å²) in [6.07, 6.45) is 0. The normalized spacial score (nSPS) is 12.4. The molecule has 12 aromatic carbocycles. The van der Waals surface area contributed by atoms with Gasteiger partial charge in [0.05, 0.1) is 22.1 Å². The van der Waals surface area contributed by atoms with E-state index in [4.69, 9.17) is 8.83 Å². The lowest BCUT2D eigenvalue weighted by molar-refractivity contribution is 0.590. The van der Waals surface area contributed by atoms with Crippen LogP contribution < -0.4 is 9.80 Å². The fourth-order valence-corrected chi connectivity index (χ4v) is 13.2. The number of benzene rings is 12. The van der Waals surface area contributed by atoms with E-state index < -0.39 is 0 Å². The zero-order valence-corrected chi connectivity index (χ0v) is 47.9. The average Bonchev–Trinajstić information content (AvgIpc) is 2.18. The summed E-state index contributed by atoms with van der Waals surface area (Å²) in [5, 5.41) is 11.1. The molecule has 0 aliphatic heterocycles. The molecule has 16 rings (SSSR count). The first kappa shape index (κ1) is 49.5. The highest BCUT2D eigenvalue weighted by atomic mass is 16.3. The van der Waals surface area contributed by atoms with Gasteiger partial charge in [-0.3, -0.25) is 0 Å². The van der Waals surface area contributed by atoms with Crippen molar-refractivity contribution in [3.63, 3.8) is 0 Å². The molecule has 0 aliphatic rings. The molecule has 0 N–H and O–H groups in total. The quantitative estimate of drug-likeness (QED) is 0.152. The molecule has 16 aromatic rings. The number of hydrogen-bond donors (Lipinski definition) is 0. The molecule has 6 heteroatoms. The number of rotatable bonds is 8. The van der Waals surface area contributed by atoms with Gasteiger partial charge in [-0.25, -0.2) is 0 Å². The van der Waals surface area contributed by atoms with Gasteiger partial charge in [0.15, 0.2) is 0 Å². The van der Waals surface area contributed by atoms with Crippen molar-refractivity contribution >= 4 is 132 Å². The van der Waals surface area contributed by atoms with E-state index in [2.05, 4.69) is 315 Å². The van der Waals surface area contributed by atoms with Crippen molar-refractivity contribution in [3.05, 3.63) is 266 Å². The van der Waals surface area contributed by atoms with Crippen LogP contribution in [0.5, 0.6) is 0 Å². The minimum absolute atomic E-state index is 0.0566. The first-order chi connectivity index (χ1) is 40.9. The Bertz CT molecular complexity index is 4930. The van der Waals surface area contributed by atoms with Gasteiger partial charge < -0.3 is 27.8 Å². The molecule has 6 nitrogen and oxygen atoms in total. The molecule has 0 aliphatic carbocycles. The molecule has 404 valence electrons. The van der Waals surface area contributed by atoms with Crippen LogP contribution in [-0.2, 0) is 10.8 Å². The summed E-state index contributed by atoms with van der Waals surface area (Å²) in [7, 11) is 0. The average molecular weight is 1090 g/mol. The predicted octanol–water partition coefficient (Wildman–Crippen LogP) is 22.4. The maximum Gasteiger partial charge on any atom is 0.143 e. The van der Waals surface area contributed by atoms with E-state index in [1.807, 2.05) is 0 Å². The van der Waals surface area contributed by atoms with Gasteiger partial charge in [0.2, 0.25) is 0 Å². The summed E-state index contributed by atoms with van der Waals surface area (Å²) < 4.78 is 18.9. The molecule has 0 radical (unpaired) electrons. The molecule has 0 fully saturated rings. The van der Waals surface area contributed by atoms with Crippen LogP contribution in [0.1, 0.15) is 52.7 Å². The van der Waals surface area contributed by atoms with Crippen molar-refractivity contribution in [3.8, 4) is 11.4 Å². The lowest BCUT2D eigenvalue weighted by Crippen LogP contribution is -2.11. The summed E-state index contributed by atoms with van der Waals surface area (Å²) in [5.74, 6) is 0. The maximum absolute atomic E-state index is 7.04. The van der Waals surface area contributed by atoms with E-state index in [0.717, 1.165) is 111 Å². The van der Waals surface area contributed by atoms with E-state index in [1.165, 1.54) is 43.7 Å². The maximum atomic E-state index is 7.04. The molecule has 0 saturated heterocycles. The number of nitrogens with zero attached hydrogens (tertiary/aromatic N) is 4. The molecule has 0 bridgehead atoms. The number of para-hydroxylation sites is 4. The summed E-state index contributed by atoms with van der Waals surface area (Å²) in [5.41, 5.74) is 19.2. The summed E-state index contributed by atoms with van der Waals surface area (Å²) in [4.78, 5) is 4.68. The van der Waals surface area contributed by atoms with Gasteiger partial charge in [-0.15, -0.1) is 0 Å². The third kappa shape index (κ3) is 7.85. The fourth-order valence-electron chi connectivity index (χ4n) is 13.2. The van der Waals surface area contributed by atoms with Gasteiger partial charge in [-0.05, 0) is 155 Å². The monoisotopic (exact) mass is 1080 g/mol. The molecule has 0 saturated carbocycles. The number of anilines is 6. The highest BCUT2D eigenvalue weighted by Gasteiger charge is 2.24. The van der Waals surface area contributed by atoms with Gasteiger partial charge in [-0.1, -0.05) is 151 Å². The van der Waals surface area contributed by atoms with Gasteiger partial charge >= 0.3 is 0 Å². The highest BCUT2D eigenvalue weighted by Crippen LogP contribution is 2.46. The summed E-state index contributed by atoms with van der Waals surface area (Å²) >= 11 is 0. The Balaban J connectivity index is 0.798. The predicted molar refractivity (Wildman–Crippen MR) is 354 cm³/mol. The number of furan rings is 2. The van der Waals surface area contributed by atoms with Gasteiger partial charge in [0.1, 0.15) is 22.3 Å². The van der Waals surface area contributed by atoms with Crippen molar-refractivity contribution in [2.75, 3.05) is 9.80 Å². The van der Waals surface area contributed by atoms with Crippen LogP contribution in [0.25, 0.3) is 110 Å². The zero-order chi connectivity index (χ0) is 56.6. The number of hydrogen-bond acceptors (Lipinski definition) is 4. The second kappa shape index (κ2) is 18.6. The van der Waals surface area contributed by atoms with Crippen LogP contribution in [0.4, 0.5) is 34.1 Å². The Labute approximate surface area is 487 Å². The van der Waals surface area contributed by atoms with E-state index in [-0.39, 0.29) is 10.8 Å². The zero-order valence-electron chi connectivity index (χ0n) is 47.9. The molecular formula is C78H60N4O2. The molecule has 4 aromatic heterocycles. The summed E-state index contributed by atoms with van der Waals surface area (Å²) in [6, 6.07) is 92.7. The van der Waals surface area contributed by atoms with Crippen LogP contribution in [0, 0.1) is 0 Å². The molecular weight excluding hydrogens is 1020 g/mol.